The van der Waals surface area contributed by atoms with Crippen LogP contribution < -0.4 is 10.2 Å². The third-order valence-electron chi connectivity index (χ3n) is 6.53. The molecule has 0 radical (unpaired) electrons. The molecule has 29 heavy (non-hydrogen) atoms. The van der Waals surface area contributed by atoms with E-state index in [9.17, 15) is 9.59 Å². The predicted molar refractivity (Wildman–Crippen MR) is 112 cm³/mol. The average Bonchev–Trinajstić information content (AvgIpc) is 3.01. The van der Waals surface area contributed by atoms with E-state index in [-0.39, 0.29) is 11.9 Å². The van der Waals surface area contributed by atoms with Gasteiger partial charge >= 0.3 is 6.03 Å². The zero-order valence-electron chi connectivity index (χ0n) is 17.1. The molecule has 0 spiro atoms. The van der Waals surface area contributed by atoms with Gasteiger partial charge in [0.2, 0.25) is 0 Å². The summed E-state index contributed by atoms with van der Waals surface area (Å²) < 4.78 is 0. The number of urea groups is 1. The lowest BCUT2D eigenvalue weighted by Crippen LogP contribution is -3.14. The van der Waals surface area contributed by atoms with Gasteiger partial charge in [-0.15, -0.1) is 0 Å². The number of nitrogens with zero attached hydrogens (tertiary/aromatic N) is 1. The molecule has 1 atom stereocenters. The summed E-state index contributed by atoms with van der Waals surface area (Å²) in [6, 6.07) is 20.0. The van der Waals surface area contributed by atoms with Gasteiger partial charge in [0.05, 0.1) is 13.1 Å². The van der Waals surface area contributed by atoms with Gasteiger partial charge in [0, 0.05) is 0 Å². The van der Waals surface area contributed by atoms with E-state index in [1.165, 1.54) is 15.4 Å². The van der Waals surface area contributed by atoms with Gasteiger partial charge in [0.15, 0.2) is 6.67 Å². The van der Waals surface area contributed by atoms with Crippen LogP contribution in [0.15, 0.2) is 60.7 Å². The molecule has 5 heteroatoms. The van der Waals surface area contributed by atoms with Gasteiger partial charge in [-0.2, -0.15) is 0 Å². The van der Waals surface area contributed by atoms with Crippen molar-refractivity contribution in [2.75, 3.05) is 19.8 Å². The molecule has 0 unspecified atom stereocenters. The highest BCUT2D eigenvalue weighted by Crippen LogP contribution is 2.31. The fourth-order valence-corrected chi connectivity index (χ4v) is 4.75. The Balaban J connectivity index is 1.38. The first kappa shape index (κ1) is 19.6. The first-order valence-corrected chi connectivity index (χ1v) is 10.7. The monoisotopic (exact) mass is 392 g/mol. The van der Waals surface area contributed by atoms with E-state index in [4.69, 9.17) is 0 Å². The fourth-order valence-electron chi connectivity index (χ4n) is 4.75. The number of hydrogen-bond donors (Lipinski definition) is 2. The molecular formula is C24H30N3O2+. The van der Waals surface area contributed by atoms with E-state index >= 15 is 0 Å². The van der Waals surface area contributed by atoms with Crippen LogP contribution in [-0.2, 0) is 16.8 Å². The lowest BCUT2D eigenvalue weighted by atomic mass is 9.87. The molecule has 2 aromatic carbocycles. The summed E-state index contributed by atoms with van der Waals surface area (Å²) in [7, 11) is 0. The van der Waals surface area contributed by atoms with E-state index in [1.54, 1.807) is 0 Å². The third-order valence-corrected chi connectivity index (χ3v) is 6.53. The van der Waals surface area contributed by atoms with Crippen LogP contribution in [0, 0.1) is 5.92 Å². The minimum Gasteiger partial charge on any atom is -0.319 e. The summed E-state index contributed by atoms with van der Waals surface area (Å²) in [4.78, 5) is 28.7. The number of imide groups is 1. The van der Waals surface area contributed by atoms with Crippen LogP contribution >= 0.6 is 0 Å². The van der Waals surface area contributed by atoms with Gasteiger partial charge in [-0.05, 0) is 42.7 Å². The molecule has 4 rings (SSSR count). The van der Waals surface area contributed by atoms with E-state index in [1.807, 2.05) is 37.3 Å². The molecular weight excluding hydrogens is 362 g/mol. The van der Waals surface area contributed by atoms with Crippen LogP contribution in [0.1, 0.15) is 37.3 Å². The predicted octanol–water partition coefficient (Wildman–Crippen LogP) is 2.34. The maximum Gasteiger partial charge on any atom is 0.329 e. The molecule has 152 valence electrons. The molecule has 0 saturated carbocycles. The number of hydrogen-bond acceptors (Lipinski definition) is 2. The molecule has 3 amide bonds. The zero-order chi connectivity index (χ0) is 20.3. The maximum absolute atomic E-state index is 13.3. The quantitative estimate of drug-likeness (QED) is 0.742. The Morgan fingerprint density at radius 2 is 1.62 bits per heavy atom. The normalized spacial score (nSPS) is 27.1. The standard InChI is InChI=1S/C24H29N3O2/c1-2-24(21-11-7-4-8-12-21)22(28)27(23(29)25-24)18-26-15-13-20(14-16-26)17-19-9-5-3-6-10-19/h3-12,20H,2,13-18H2,1H3,(H,25,29)/p+1/t24-/m1/s1. The number of carbonyl (C=O) groups is 2. The van der Waals surface area contributed by atoms with Gasteiger partial charge in [0.25, 0.3) is 5.91 Å². The van der Waals surface area contributed by atoms with E-state index in [2.05, 4.69) is 35.6 Å². The molecule has 2 N–H and O–H groups in total. The first-order valence-electron chi connectivity index (χ1n) is 10.7. The molecule has 2 saturated heterocycles. The fraction of sp³-hybridized carbons (Fsp3) is 0.417. The summed E-state index contributed by atoms with van der Waals surface area (Å²) >= 11 is 0. The number of amides is 3. The Labute approximate surface area is 172 Å². The molecule has 0 aromatic heterocycles. The molecule has 2 aliphatic heterocycles. The van der Waals surface area contributed by atoms with E-state index in [0.29, 0.717) is 19.0 Å². The van der Waals surface area contributed by atoms with Gasteiger partial charge in [-0.25, -0.2) is 9.69 Å². The number of benzene rings is 2. The molecule has 0 bridgehead atoms. The average molecular weight is 393 g/mol. The Morgan fingerprint density at radius 3 is 2.24 bits per heavy atom. The lowest BCUT2D eigenvalue weighted by Gasteiger charge is -2.31. The van der Waals surface area contributed by atoms with E-state index < -0.39 is 5.54 Å². The van der Waals surface area contributed by atoms with Gasteiger partial charge in [-0.1, -0.05) is 67.6 Å². The minimum absolute atomic E-state index is 0.116. The molecule has 5 nitrogen and oxygen atoms in total. The second kappa shape index (κ2) is 8.37. The molecule has 2 heterocycles. The summed E-state index contributed by atoms with van der Waals surface area (Å²) in [5, 5.41) is 2.99. The highest BCUT2D eigenvalue weighted by atomic mass is 16.2. The zero-order valence-corrected chi connectivity index (χ0v) is 17.1. The van der Waals surface area contributed by atoms with Crippen molar-refractivity contribution in [1.29, 1.82) is 0 Å². The topological polar surface area (TPSA) is 53.9 Å². The highest BCUT2D eigenvalue weighted by Gasteiger charge is 2.52. The number of nitrogens with one attached hydrogen (secondary N) is 2. The summed E-state index contributed by atoms with van der Waals surface area (Å²) in [6.07, 6.45) is 3.92. The van der Waals surface area contributed by atoms with Crippen molar-refractivity contribution < 1.29 is 14.5 Å². The van der Waals surface area contributed by atoms with Crippen molar-refractivity contribution in [2.45, 2.75) is 38.1 Å². The van der Waals surface area contributed by atoms with Crippen LogP contribution in [0.25, 0.3) is 0 Å². The van der Waals surface area contributed by atoms with E-state index in [0.717, 1.165) is 37.9 Å². The summed E-state index contributed by atoms with van der Waals surface area (Å²) in [5.41, 5.74) is 1.33. The molecule has 2 aliphatic rings. The summed E-state index contributed by atoms with van der Waals surface area (Å²) in [6.45, 7) is 4.41. The summed E-state index contributed by atoms with van der Waals surface area (Å²) in [5.74, 6) is 0.568. The molecule has 2 fully saturated rings. The SMILES string of the molecule is CC[C@]1(c2ccccc2)NC(=O)N(C[NH+]2CCC(Cc3ccccc3)CC2)C1=O. The number of piperidine rings is 1. The smallest absolute Gasteiger partial charge is 0.319 e. The first-order chi connectivity index (χ1) is 14.1. The Morgan fingerprint density at radius 1 is 1.00 bits per heavy atom. The largest absolute Gasteiger partial charge is 0.329 e. The second-order valence-corrected chi connectivity index (χ2v) is 8.33. The van der Waals surface area contributed by atoms with Crippen LogP contribution in [0.2, 0.25) is 0 Å². The van der Waals surface area contributed by atoms with Gasteiger partial charge in [-0.3, -0.25) is 4.79 Å². The number of likely N-dealkylation sites (tertiary alicyclic amines) is 1. The minimum atomic E-state index is -0.927. The third kappa shape index (κ3) is 3.92. The van der Waals surface area contributed by atoms with Gasteiger partial charge in [0.1, 0.15) is 5.54 Å². The van der Waals surface area contributed by atoms with Crippen molar-refractivity contribution in [3.8, 4) is 0 Å². The molecule has 2 aromatic rings. The van der Waals surface area contributed by atoms with Crippen LogP contribution in [0.5, 0.6) is 0 Å². The Hall–Kier alpha value is -2.66. The van der Waals surface area contributed by atoms with Crippen molar-refractivity contribution in [2.24, 2.45) is 5.92 Å². The van der Waals surface area contributed by atoms with Crippen molar-refractivity contribution >= 4 is 11.9 Å². The number of carbonyl (C=O) groups excluding carboxylic acids is 2. The van der Waals surface area contributed by atoms with Crippen molar-refractivity contribution in [3.63, 3.8) is 0 Å². The van der Waals surface area contributed by atoms with Crippen molar-refractivity contribution in [1.82, 2.24) is 10.2 Å². The maximum atomic E-state index is 13.3. The number of quaternary nitrogens is 1. The second-order valence-electron chi connectivity index (χ2n) is 8.33. The highest BCUT2D eigenvalue weighted by molar-refractivity contribution is 6.07. The van der Waals surface area contributed by atoms with Crippen LogP contribution in [0.3, 0.4) is 0 Å². The lowest BCUT2D eigenvalue weighted by molar-refractivity contribution is -0.913. The number of rotatable bonds is 6. The Bertz CT molecular complexity index is 847. The van der Waals surface area contributed by atoms with Crippen molar-refractivity contribution in [3.05, 3.63) is 71.8 Å². The van der Waals surface area contributed by atoms with Crippen LogP contribution in [0.4, 0.5) is 4.79 Å². The Kier molecular flexibility index (Phi) is 5.67. The van der Waals surface area contributed by atoms with Gasteiger partial charge < -0.3 is 10.2 Å². The van der Waals surface area contributed by atoms with Crippen LogP contribution in [-0.4, -0.2) is 36.6 Å². The molecule has 0 aliphatic carbocycles.